The van der Waals surface area contributed by atoms with Gasteiger partial charge in [0.25, 0.3) is 5.91 Å². The van der Waals surface area contributed by atoms with Gasteiger partial charge in [-0.25, -0.2) is 4.39 Å². The van der Waals surface area contributed by atoms with Gasteiger partial charge in [0.2, 0.25) is 0 Å². The Morgan fingerprint density at radius 1 is 0.946 bits per heavy atom. The summed E-state index contributed by atoms with van der Waals surface area (Å²) in [5.74, 6) is 0.0714. The fourth-order valence-corrected chi connectivity index (χ4v) is 5.40. The molecule has 1 aliphatic heterocycles. The van der Waals surface area contributed by atoms with Crippen LogP contribution >= 0.6 is 0 Å². The van der Waals surface area contributed by atoms with Crippen molar-refractivity contribution in [2.24, 2.45) is 0 Å². The van der Waals surface area contributed by atoms with Gasteiger partial charge in [-0.2, -0.15) is 0 Å². The number of hydrogen-bond donors (Lipinski definition) is 1. The van der Waals surface area contributed by atoms with E-state index in [1.807, 2.05) is 67.3 Å². The van der Waals surface area contributed by atoms with Crippen LogP contribution in [0.4, 0.5) is 4.39 Å². The Hall–Kier alpha value is -3.22. The Kier molecular flexibility index (Phi) is 8.62. The van der Waals surface area contributed by atoms with E-state index in [-0.39, 0.29) is 35.6 Å². The van der Waals surface area contributed by atoms with Crippen molar-refractivity contribution in [2.75, 3.05) is 26.2 Å². The summed E-state index contributed by atoms with van der Waals surface area (Å²) < 4.78 is 13.4. The third-order valence-electron chi connectivity index (χ3n) is 7.50. The number of piperazine rings is 1. The summed E-state index contributed by atoms with van der Waals surface area (Å²) in [5, 5.41) is 10.3. The Morgan fingerprint density at radius 3 is 2.24 bits per heavy atom. The third-order valence-corrected chi connectivity index (χ3v) is 7.50. The minimum atomic E-state index is -0.214. The van der Waals surface area contributed by atoms with Crippen molar-refractivity contribution in [3.63, 3.8) is 0 Å². The predicted octanol–water partition coefficient (Wildman–Crippen LogP) is 5.70. The van der Waals surface area contributed by atoms with Gasteiger partial charge >= 0.3 is 0 Å². The first-order valence-electron chi connectivity index (χ1n) is 13.2. The van der Waals surface area contributed by atoms with E-state index in [0.29, 0.717) is 18.7 Å². The number of aromatic hydroxyl groups is 1. The Bertz CT molecular complexity index is 1180. The van der Waals surface area contributed by atoms with Gasteiger partial charge in [0, 0.05) is 50.4 Å². The van der Waals surface area contributed by atoms with Crippen LogP contribution in [-0.4, -0.2) is 64.0 Å². The third kappa shape index (κ3) is 6.20. The number of hydrogen-bond acceptors (Lipinski definition) is 4. The molecule has 6 heteroatoms. The summed E-state index contributed by atoms with van der Waals surface area (Å²) in [5.41, 5.74) is 3.90. The van der Waals surface area contributed by atoms with Crippen LogP contribution in [0.25, 0.3) is 0 Å². The lowest BCUT2D eigenvalue weighted by Crippen LogP contribution is -2.56. The first-order valence-corrected chi connectivity index (χ1v) is 13.2. The van der Waals surface area contributed by atoms with Crippen molar-refractivity contribution in [1.29, 1.82) is 0 Å². The first-order chi connectivity index (χ1) is 17.8. The molecule has 1 saturated heterocycles. The number of benzene rings is 3. The maximum atomic E-state index is 13.4. The zero-order valence-corrected chi connectivity index (χ0v) is 22.3. The Morgan fingerprint density at radius 2 is 1.62 bits per heavy atom. The van der Waals surface area contributed by atoms with Crippen LogP contribution < -0.4 is 0 Å². The van der Waals surface area contributed by atoms with Gasteiger partial charge in [-0.3, -0.25) is 14.6 Å². The van der Waals surface area contributed by atoms with Crippen molar-refractivity contribution >= 4 is 5.91 Å². The SMILES string of the molecule is CCN(CC)C(=O)c1ccc([C@H](c2cccc(O)c2)N2C[C@@H](C)N(Cc3ccc(F)cc3)C[C@@H]2C)cc1. The van der Waals surface area contributed by atoms with E-state index in [0.717, 1.165) is 36.3 Å². The maximum absolute atomic E-state index is 13.4. The summed E-state index contributed by atoms with van der Waals surface area (Å²) in [6.45, 7) is 12.3. The molecule has 0 aromatic heterocycles. The Labute approximate surface area is 220 Å². The lowest BCUT2D eigenvalue weighted by molar-refractivity contribution is 0.0195. The highest BCUT2D eigenvalue weighted by molar-refractivity contribution is 5.94. The van der Waals surface area contributed by atoms with E-state index in [1.54, 1.807) is 6.07 Å². The average Bonchev–Trinajstić information content (AvgIpc) is 2.89. The van der Waals surface area contributed by atoms with Gasteiger partial charge in [0.05, 0.1) is 6.04 Å². The summed E-state index contributed by atoms with van der Waals surface area (Å²) in [6, 6.07) is 22.6. The molecule has 0 radical (unpaired) electrons. The monoisotopic (exact) mass is 503 g/mol. The van der Waals surface area contributed by atoms with E-state index >= 15 is 0 Å². The standard InChI is InChI=1S/C31H38FN3O2/c1-5-33(6-2)31(37)26-14-12-25(13-15-26)30(27-8-7-9-29(36)18-27)35-20-22(3)34(19-23(35)4)21-24-10-16-28(32)17-11-24/h7-18,22-23,30,36H,5-6,19-21H2,1-4H3/t22-,23+,30-/m1/s1. The van der Waals surface area contributed by atoms with Crippen LogP contribution in [0.15, 0.2) is 72.8 Å². The normalized spacial score (nSPS) is 19.5. The molecule has 0 spiro atoms. The molecule has 5 nitrogen and oxygen atoms in total. The molecule has 1 fully saturated rings. The van der Waals surface area contributed by atoms with E-state index < -0.39 is 0 Å². The van der Waals surface area contributed by atoms with Crippen LogP contribution in [-0.2, 0) is 6.54 Å². The summed E-state index contributed by atoms with van der Waals surface area (Å²) >= 11 is 0. The molecule has 1 heterocycles. The highest BCUT2D eigenvalue weighted by atomic mass is 19.1. The minimum absolute atomic E-state index is 0.0434. The number of nitrogens with zero attached hydrogens (tertiary/aromatic N) is 3. The molecule has 3 aromatic rings. The summed E-state index contributed by atoms with van der Waals surface area (Å²) in [7, 11) is 0. The lowest BCUT2D eigenvalue weighted by Gasteiger charge is -2.47. The summed E-state index contributed by atoms with van der Waals surface area (Å²) in [6.07, 6.45) is 0. The van der Waals surface area contributed by atoms with Gasteiger partial charge in [0.15, 0.2) is 0 Å². The second kappa shape index (κ2) is 11.9. The molecular formula is C31H38FN3O2. The zero-order chi connectivity index (χ0) is 26.5. The van der Waals surface area contributed by atoms with E-state index in [1.165, 1.54) is 12.1 Å². The molecule has 3 atom stereocenters. The van der Waals surface area contributed by atoms with E-state index in [4.69, 9.17) is 0 Å². The highest BCUT2D eigenvalue weighted by Gasteiger charge is 2.35. The fourth-order valence-electron chi connectivity index (χ4n) is 5.40. The molecule has 4 rings (SSSR count). The van der Waals surface area contributed by atoms with Gasteiger partial charge in [-0.15, -0.1) is 0 Å². The van der Waals surface area contributed by atoms with Crippen molar-refractivity contribution < 1.29 is 14.3 Å². The first kappa shape index (κ1) is 26.8. The quantitative estimate of drug-likeness (QED) is 0.429. The van der Waals surface area contributed by atoms with Gasteiger partial charge in [-0.05, 0) is 80.8 Å². The Balaban J connectivity index is 1.60. The number of carbonyl (C=O) groups excluding carboxylic acids is 1. The van der Waals surface area contributed by atoms with Crippen LogP contribution in [0.5, 0.6) is 5.75 Å². The number of halogens is 1. The van der Waals surface area contributed by atoms with Crippen molar-refractivity contribution in [3.05, 3.63) is 101 Å². The largest absolute Gasteiger partial charge is 0.508 e. The predicted molar refractivity (Wildman–Crippen MR) is 146 cm³/mol. The van der Waals surface area contributed by atoms with Gasteiger partial charge in [0.1, 0.15) is 11.6 Å². The number of phenols is 1. The van der Waals surface area contributed by atoms with E-state index in [2.05, 4.69) is 29.7 Å². The molecule has 0 saturated carbocycles. The topological polar surface area (TPSA) is 47.0 Å². The molecule has 3 aromatic carbocycles. The highest BCUT2D eigenvalue weighted by Crippen LogP contribution is 2.35. The molecule has 1 aliphatic rings. The van der Waals surface area contributed by atoms with Crippen LogP contribution in [0.1, 0.15) is 60.8 Å². The van der Waals surface area contributed by atoms with Crippen molar-refractivity contribution in [2.45, 2.75) is 52.4 Å². The number of carbonyl (C=O) groups is 1. The van der Waals surface area contributed by atoms with Crippen LogP contribution in [0.2, 0.25) is 0 Å². The van der Waals surface area contributed by atoms with Crippen molar-refractivity contribution in [1.82, 2.24) is 14.7 Å². The average molecular weight is 504 g/mol. The van der Waals surface area contributed by atoms with Gasteiger partial charge < -0.3 is 10.0 Å². The summed E-state index contributed by atoms with van der Waals surface area (Å²) in [4.78, 5) is 19.6. The molecule has 0 bridgehead atoms. The smallest absolute Gasteiger partial charge is 0.253 e. The minimum Gasteiger partial charge on any atom is -0.508 e. The second-order valence-electron chi connectivity index (χ2n) is 10.0. The number of phenolic OH excluding ortho intramolecular Hbond substituents is 1. The lowest BCUT2D eigenvalue weighted by atomic mass is 9.92. The zero-order valence-electron chi connectivity index (χ0n) is 22.3. The van der Waals surface area contributed by atoms with E-state index in [9.17, 15) is 14.3 Å². The molecule has 0 aliphatic carbocycles. The molecule has 1 N–H and O–H groups in total. The molecule has 0 unspecified atom stereocenters. The number of amides is 1. The molecular weight excluding hydrogens is 465 g/mol. The van der Waals surface area contributed by atoms with Gasteiger partial charge in [-0.1, -0.05) is 36.4 Å². The molecule has 196 valence electrons. The van der Waals surface area contributed by atoms with Crippen LogP contribution in [0, 0.1) is 5.82 Å². The molecule has 1 amide bonds. The van der Waals surface area contributed by atoms with Crippen molar-refractivity contribution in [3.8, 4) is 5.75 Å². The fraction of sp³-hybridized carbons (Fsp3) is 0.387. The molecule has 37 heavy (non-hydrogen) atoms. The maximum Gasteiger partial charge on any atom is 0.253 e. The second-order valence-corrected chi connectivity index (χ2v) is 10.0. The number of rotatable bonds is 8. The van der Waals surface area contributed by atoms with Crippen LogP contribution in [0.3, 0.4) is 0 Å².